The fourth-order valence-corrected chi connectivity index (χ4v) is 2.36. The Balaban J connectivity index is 1.90. The molecular formula is C12H12BrN3OS. The van der Waals surface area contributed by atoms with Crippen molar-refractivity contribution < 1.29 is 4.79 Å². The Morgan fingerprint density at radius 2 is 2.33 bits per heavy atom. The Hall–Kier alpha value is -1.27. The van der Waals surface area contributed by atoms with Crippen molar-refractivity contribution in [3.63, 3.8) is 0 Å². The van der Waals surface area contributed by atoms with Crippen molar-refractivity contribution in [2.45, 2.75) is 12.8 Å². The third-order valence-electron chi connectivity index (χ3n) is 2.43. The summed E-state index contributed by atoms with van der Waals surface area (Å²) in [5.41, 5.74) is 0.560. The van der Waals surface area contributed by atoms with Crippen molar-refractivity contribution in [3.8, 4) is 0 Å². The lowest BCUT2D eigenvalue weighted by Gasteiger charge is -2.09. The zero-order valence-electron chi connectivity index (χ0n) is 9.76. The number of carbonyl (C=O) groups excluding carboxylic acids is 1. The summed E-state index contributed by atoms with van der Waals surface area (Å²) in [6.45, 7) is 2.61. The predicted molar refractivity (Wildman–Crippen MR) is 74.8 cm³/mol. The van der Waals surface area contributed by atoms with Crippen molar-refractivity contribution >= 4 is 33.2 Å². The van der Waals surface area contributed by atoms with Crippen LogP contribution < -0.4 is 5.32 Å². The SMILES string of the molecule is CC(CNC(=O)c1ccc(Br)nc1)c1nccs1. The third kappa shape index (κ3) is 3.36. The lowest BCUT2D eigenvalue weighted by molar-refractivity contribution is 0.0951. The van der Waals surface area contributed by atoms with Gasteiger partial charge in [-0.05, 0) is 28.1 Å². The smallest absolute Gasteiger partial charge is 0.252 e. The maximum absolute atomic E-state index is 11.8. The maximum atomic E-state index is 11.8. The molecule has 18 heavy (non-hydrogen) atoms. The molecule has 2 heterocycles. The Bertz CT molecular complexity index is 513. The van der Waals surface area contributed by atoms with Crippen LogP contribution >= 0.6 is 27.3 Å². The number of hydrogen-bond acceptors (Lipinski definition) is 4. The fourth-order valence-electron chi connectivity index (χ4n) is 1.42. The number of nitrogens with one attached hydrogen (secondary N) is 1. The predicted octanol–water partition coefficient (Wildman–Crippen LogP) is 2.83. The van der Waals surface area contributed by atoms with E-state index in [1.54, 1.807) is 35.9 Å². The highest BCUT2D eigenvalue weighted by atomic mass is 79.9. The molecular weight excluding hydrogens is 314 g/mol. The molecule has 1 amide bonds. The van der Waals surface area contributed by atoms with E-state index >= 15 is 0 Å². The highest BCUT2D eigenvalue weighted by molar-refractivity contribution is 9.10. The van der Waals surface area contributed by atoms with Gasteiger partial charge in [-0.15, -0.1) is 11.3 Å². The van der Waals surface area contributed by atoms with Crippen molar-refractivity contribution in [2.24, 2.45) is 0 Å². The zero-order valence-corrected chi connectivity index (χ0v) is 12.2. The second kappa shape index (κ2) is 6.06. The van der Waals surface area contributed by atoms with Gasteiger partial charge in [0.05, 0.1) is 10.6 Å². The van der Waals surface area contributed by atoms with E-state index in [-0.39, 0.29) is 11.8 Å². The highest BCUT2D eigenvalue weighted by Gasteiger charge is 2.11. The molecule has 0 aliphatic heterocycles. The molecule has 0 radical (unpaired) electrons. The molecule has 2 aromatic rings. The van der Waals surface area contributed by atoms with Gasteiger partial charge in [-0.25, -0.2) is 9.97 Å². The molecule has 0 bridgehead atoms. The molecule has 0 saturated heterocycles. The molecule has 94 valence electrons. The average molecular weight is 326 g/mol. The number of carbonyl (C=O) groups is 1. The normalized spacial score (nSPS) is 12.1. The van der Waals surface area contributed by atoms with Crippen LogP contribution in [0, 0.1) is 0 Å². The van der Waals surface area contributed by atoms with E-state index in [0.717, 1.165) is 9.61 Å². The summed E-state index contributed by atoms with van der Waals surface area (Å²) in [6.07, 6.45) is 3.32. The first-order valence-electron chi connectivity index (χ1n) is 5.46. The van der Waals surface area contributed by atoms with Crippen molar-refractivity contribution in [1.29, 1.82) is 0 Å². The minimum Gasteiger partial charge on any atom is -0.351 e. The molecule has 0 aliphatic rings. The molecule has 1 unspecified atom stereocenters. The number of aromatic nitrogens is 2. The molecule has 4 nitrogen and oxygen atoms in total. The second-order valence-electron chi connectivity index (χ2n) is 3.85. The minimum absolute atomic E-state index is 0.113. The van der Waals surface area contributed by atoms with Gasteiger partial charge in [0.2, 0.25) is 0 Å². The number of pyridine rings is 1. The Morgan fingerprint density at radius 3 is 2.94 bits per heavy atom. The average Bonchev–Trinajstić information content (AvgIpc) is 2.90. The van der Waals surface area contributed by atoms with Crippen molar-refractivity contribution in [1.82, 2.24) is 15.3 Å². The van der Waals surface area contributed by atoms with Crippen LogP contribution in [0.4, 0.5) is 0 Å². The lowest BCUT2D eigenvalue weighted by Crippen LogP contribution is -2.27. The number of nitrogens with zero attached hydrogens (tertiary/aromatic N) is 2. The summed E-state index contributed by atoms with van der Waals surface area (Å²) in [4.78, 5) is 20.1. The van der Waals surface area contributed by atoms with Crippen LogP contribution in [-0.4, -0.2) is 22.4 Å². The van der Waals surface area contributed by atoms with Gasteiger partial charge in [0.25, 0.3) is 5.91 Å². The monoisotopic (exact) mass is 325 g/mol. The van der Waals surface area contributed by atoms with Gasteiger partial charge in [-0.1, -0.05) is 6.92 Å². The van der Waals surface area contributed by atoms with Gasteiger partial charge >= 0.3 is 0 Å². The molecule has 0 aliphatic carbocycles. The largest absolute Gasteiger partial charge is 0.351 e. The summed E-state index contributed by atoms with van der Waals surface area (Å²) < 4.78 is 0.718. The summed E-state index contributed by atoms with van der Waals surface area (Å²) in [7, 11) is 0. The number of hydrogen-bond donors (Lipinski definition) is 1. The molecule has 0 spiro atoms. The van der Waals surface area contributed by atoms with Crippen LogP contribution in [0.2, 0.25) is 0 Å². The number of amides is 1. The van der Waals surface area contributed by atoms with E-state index in [4.69, 9.17) is 0 Å². The van der Waals surface area contributed by atoms with Crippen molar-refractivity contribution in [3.05, 3.63) is 45.1 Å². The van der Waals surface area contributed by atoms with E-state index in [0.29, 0.717) is 12.1 Å². The molecule has 6 heteroatoms. The van der Waals surface area contributed by atoms with Crippen molar-refractivity contribution in [2.75, 3.05) is 6.54 Å². The van der Waals surface area contributed by atoms with E-state index in [2.05, 4.69) is 31.2 Å². The lowest BCUT2D eigenvalue weighted by atomic mass is 10.2. The van der Waals surface area contributed by atoms with Crippen LogP contribution in [-0.2, 0) is 0 Å². The Kier molecular flexibility index (Phi) is 4.43. The van der Waals surface area contributed by atoms with E-state index in [1.165, 1.54) is 0 Å². The van der Waals surface area contributed by atoms with E-state index < -0.39 is 0 Å². The Morgan fingerprint density at radius 1 is 1.50 bits per heavy atom. The molecule has 0 aromatic carbocycles. The zero-order chi connectivity index (χ0) is 13.0. The van der Waals surface area contributed by atoms with Gasteiger partial charge in [-0.2, -0.15) is 0 Å². The van der Waals surface area contributed by atoms with Gasteiger partial charge < -0.3 is 5.32 Å². The minimum atomic E-state index is -0.113. The number of thiazole rings is 1. The summed E-state index contributed by atoms with van der Waals surface area (Å²) >= 11 is 4.83. The molecule has 2 aromatic heterocycles. The van der Waals surface area contributed by atoms with Gasteiger partial charge in [-0.3, -0.25) is 4.79 Å². The van der Waals surface area contributed by atoms with Gasteiger partial charge in [0, 0.05) is 30.2 Å². The van der Waals surface area contributed by atoms with Crippen LogP contribution in [0.15, 0.2) is 34.5 Å². The fraction of sp³-hybridized carbons (Fsp3) is 0.250. The first kappa shape index (κ1) is 13.2. The molecule has 1 atom stereocenters. The maximum Gasteiger partial charge on any atom is 0.252 e. The second-order valence-corrected chi connectivity index (χ2v) is 5.59. The summed E-state index contributed by atoms with van der Waals surface area (Å²) in [5, 5.41) is 5.85. The van der Waals surface area contributed by atoms with Crippen LogP contribution in [0.25, 0.3) is 0 Å². The molecule has 2 rings (SSSR count). The van der Waals surface area contributed by atoms with Crippen LogP contribution in [0.1, 0.15) is 28.2 Å². The molecule has 0 fully saturated rings. The summed E-state index contributed by atoms with van der Waals surface area (Å²) in [5.74, 6) is 0.107. The molecule has 0 saturated carbocycles. The quantitative estimate of drug-likeness (QED) is 0.879. The Labute approximate surface area is 118 Å². The first-order valence-corrected chi connectivity index (χ1v) is 7.13. The van der Waals surface area contributed by atoms with Gasteiger partial charge in [0.15, 0.2) is 0 Å². The van der Waals surface area contributed by atoms with E-state index in [1.807, 2.05) is 12.3 Å². The van der Waals surface area contributed by atoms with E-state index in [9.17, 15) is 4.79 Å². The number of rotatable bonds is 4. The summed E-state index contributed by atoms with van der Waals surface area (Å²) in [6, 6.07) is 3.49. The highest BCUT2D eigenvalue weighted by Crippen LogP contribution is 2.16. The first-order chi connectivity index (χ1) is 8.66. The van der Waals surface area contributed by atoms with Crippen LogP contribution in [0.5, 0.6) is 0 Å². The van der Waals surface area contributed by atoms with Gasteiger partial charge in [0.1, 0.15) is 4.60 Å². The topological polar surface area (TPSA) is 54.9 Å². The number of halogens is 1. The van der Waals surface area contributed by atoms with Crippen LogP contribution in [0.3, 0.4) is 0 Å². The standard InChI is InChI=1S/C12H12BrN3OS/c1-8(12-14-4-5-18-12)6-16-11(17)9-2-3-10(13)15-7-9/h2-5,7-8H,6H2,1H3,(H,16,17). The third-order valence-corrected chi connectivity index (χ3v) is 3.91. The molecule has 1 N–H and O–H groups in total.